The Labute approximate surface area is 134 Å². The Morgan fingerprint density at radius 2 is 2.09 bits per heavy atom. The Hall–Kier alpha value is -3.20. The number of urea groups is 1. The van der Waals surface area contributed by atoms with Gasteiger partial charge in [-0.05, 0) is 24.3 Å². The molecule has 0 unspecified atom stereocenters. The lowest BCUT2D eigenvalue weighted by molar-refractivity contribution is 0.253. The van der Waals surface area contributed by atoms with E-state index in [-0.39, 0.29) is 19.2 Å². The molecule has 23 heavy (non-hydrogen) atoms. The van der Waals surface area contributed by atoms with Crippen molar-refractivity contribution in [2.24, 2.45) is 0 Å². The zero-order valence-electron chi connectivity index (χ0n) is 12.7. The van der Waals surface area contributed by atoms with Gasteiger partial charge in [-0.25, -0.2) is 4.79 Å². The van der Waals surface area contributed by atoms with Crippen LogP contribution in [-0.2, 0) is 0 Å². The number of carbonyl (C=O) groups excluding carboxylic acids is 1. The Kier molecular flexibility index (Phi) is 6.29. The second-order valence-electron chi connectivity index (χ2n) is 4.34. The number of benzene rings is 1. The number of rotatable bonds is 5. The SMILES string of the molecule is COc1ccccc1NC(=O)NCC#CCOc1cccnc1. The maximum absolute atomic E-state index is 11.7. The van der Waals surface area contributed by atoms with Crippen LogP contribution in [-0.4, -0.2) is 31.3 Å². The summed E-state index contributed by atoms with van der Waals surface area (Å²) in [6, 6.07) is 10.4. The molecule has 0 aliphatic heterocycles. The van der Waals surface area contributed by atoms with E-state index in [1.54, 1.807) is 43.8 Å². The lowest BCUT2D eigenvalue weighted by atomic mass is 10.3. The van der Waals surface area contributed by atoms with E-state index >= 15 is 0 Å². The van der Waals surface area contributed by atoms with Crippen LogP contribution in [0.2, 0.25) is 0 Å². The van der Waals surface area contributed by atoms with E-state index < -0.39 is 0 Å². The quantitative estimate of drug-likeness (QED) is 0.831. The minimum atomic E-state index is -0.350. The van der Waals surface area contributed by atoms with Gasteiger partial charge in [0.25, 0.3) is 0 Å². The fraction of sp³-hybridized carbons (Fsp3) is 0.176. The highest BCUT2D eigenvalue weighted by Crippen LogP contribution is 2.22. The first-order chi connectivity index (χ1) is 11.3. The number of ether oxygens (including phenoxy) is 2. The molecule has 1 aromatic heterocycles. The van der Waals surface area contributed by atoms with Gasteiger partial charge < -0.3 is 20.1 Å². The lowest BCUT2D eigenvalue weighted by Crippen LogP contribution is -2.29. The first-order valence-electron chi connectivity index (χ1n) is 6.96. The highest BCUT2D eigenvalue weighted by atomic mass is 16.5. The first kappa shape index (κ1) is 16.2. The molecule has 2 N–H and O–H groups in total. The number of aromatic nitrogens is 1. The van der Waals surface area contributed by atoms with Crippen molar-refractivity contribution in [3.63, 3.8) is 0 Å². The van der Waals surface area contributed by atoms with E-state index in [2.05, 4.69) is 27.5 Å². The molecule has 118 valence electrons. The first-order valence-corrected chi connectivity index (χ1v) is 6.96. The number of carbonyl (C=O) groups is 1. The topological polar surface area (TPSA) is 72.5 Å². The van der Waals surface area contributed by atoms with Crippen molar-refractivity contribution in [1.29, 1.82) is 0 Å². The normalized spacial score (nSPS) is 9.26. The fourth-order valence-electron chi connectivity index (χ4n) is 1.70. The zero-order valence-corrected chi connectivity index (χ0v) is 12.7. The number of methoxy groups -OCH3 is 1. The molecule has 0 atom stereocenters. The van der Waals surface area contributed by atoms with E-state index in [0.717, 1.165) is 0 Å². The largest absolute Gasteiger partial charge is 0.495 e. The molecule has 2 rings (SSSR count). The van der Waals surface area contributed by atoms with Crippen LogP contribution in [0.3, 0.4) is 0 Å². The molecule has 1 aromatic carbocycles. The van der Waals surface area contributed by atoms with Gasteiger partial charge in [0, 0.05) is 6.20 Å². The average Bonchev–Trinajstić information content (AvgIpc) is 2.59. The number of pyridine rings is 1. The summed E-state index contributed by atoms with van der Waals surface area (Å²) in [5.41, 5.74) is 0.598. The van der Waals surface area contributed by atoms with Crippen molar-refractivity contribution >= 4 is 11.7 Å². The summed E-state index contributed by atoms with van der Waals surface area (Å²) in [7, 11) is 1.55. The molecule has 2 amide bonds. The number of hydrogen-bond donors (Lipinski definition) is 2. The molecule has 0 fully saturated rings. The van der Waals surface area contributed by atoms with Crippen molar-refractivity contribution < 1.29 is 14.3 Å². The monoisotopic (exact) mass is 311 g/mol. The molecule has 0 bridgehead atoms. The smallest absolute Gasteiger partial charge is 0.320 e. The Morgan fingerprint density at radius 3 is 2.87 bits per heavy atom. The molecular weight excluding hydrogens is 294 g/mol. The highest BCUT2D eigenvalue weighted by molar-refractivity contribution is 5.91. The second kappa shape index (κ2) is 8.95. The van der Waals surface area contributed by atoms with Gasteiger partial charge in [0.2, 0.25) is 0 Å². The number of hydrogen-bond acceptors (Lipinski definition) is 4. The number of nitrogens with zero attached hydrogens (tertiary/aromatic N) is 1. The Balaban J connectivity index is 1.70. The van der Waals surface area contributed by atoms with Crippen LogP contribution in [0, 0.1) is 11.8 Å². The lowest BCUT2D eigenvalue weighted by Gasteiger charge is -2.09. The van der Waals surface area contributed by atoms with Crippen LogP contribution in [0.4, 0.5) is 10.5 Å². The van der Waals surface area contributed by atoms with E-state index in [1.165, 1.54) is 0 Å². The van der Waals surface area contributed by atoms with E-state index in [1.807, 2.05) is 12.1 Å². The third-order valence-electron chi connectivity index (χ3n) is 2.76. The maximum atomic E-state index is 11.7. The summed E-state index contributed by atoms with van der Waals surface area (Å²) in [5, 5.41) is 5.33. The van der Waals surface area contributed by atoms with Gasteiger partial charge in [-0.15, -0.1) is 0 Å². The van der Waals surface area contributed by atoms with Crippen LogP contribution in [0.5, 0.6) is 11.5 Å². The maximum Gasteiger partial charge on any atom is 0.320 e. The zero-order chi connectivity index (χ0) is 16.3. The minimum Gasteiger partial charge on any atom is -0.495 e. The predicted octanol–water partition coefficient (Wildman–Crippen LogP) is 2.29. The average molecular weight is 311 g/mol. The molecule has 1 heterocycles. The molecule has 0 saturated carbocycles. The van der Waals surface area contributed by atoms with Crippen molar-refractivity contribution in [2.45, 2.75) is 0 Å². The third kappa shape index (κ3) is 5.59. The van der Waals surface area contributed by atoms with Crippen molar-refractivity contribution in [3.8, 4) is 23.3 Å². The van der Waals surface area contributed by atoms with Gasteiger partial charge in [0.1, 0.15) is 18.1 Å². The van der Waals surface area contributed by atoms with Gasteiger partial charge in [-0.3, -0.25) is 4.98 Å². The standard InChI is InChI=1S/C17H17N3O3/c1-22-16-9-3-2-8-15(16)20-17(21)19-11-4-5-12-23-14-7-6-10-18-13-14/h2-3,6-10,13H,11-12H2,1H3,(H2,19,20,21). The van der Waals surface area contributed by atoms with Gasteiger partial charge in [-0.2, -0.15) is 0 Å². The molecule has 0 saturated heterocycles. The number of para-hydroxylation sites is 2. The van der Waals surface area contributed by atoms with Crippen LogP contribution in [0.25, 0.3) is 0 Å². The summed E-state index contributed by atoms with van der Waals surface area (Å²) in [5.74, 6) is 6.86. The molecule has 0 aliphatic carbocycles. The Bertz CT molecular complexity index is 693. The number of amides is 2. The van der Waals surface area contributed by atoms with Gasteiger partial charge in [0.15, 0.2) is 0 Å². The fourth-order valence-corrected chi connectivity index (χ4v) is 1.70. The van der Waals surface area contributed by atoms with Crippen LogP contribution in [0.15, 0.2) is 48.8 Å². The molecular formula is C17H17N3O3. The molecule has 2 aromatic rings. The van der Waals surface area contributed by atoms with E-state index in [9.17, 15) is 4.79 Å². The number of nitrogens with one attached hydrogen (secondary N) is 2. The second-order valence-corrected chi connectivity index (χ2v) is 4.34. The van der Waals surface area contributed by atoms with Crippen molar-refractivity contribution in [1.82, 2.24) is 10.3 Å². The molecule has 6 heteroatoms. The van der Waals surface area contributed by atoms with Crippen LogP contribution >= 0.6 is 0 Å². The summed E-state index contributed by atoms with van der Waals surface area (Å²) in [6.07, 6.45) is 3.28. The summed E-state index contributed by atoms with van der Waals surface area (Å²) < 4.78 is 10.5. The van der Waals surface area contributed by atoms with Crippen molar-refractivity contribution in [2.75, 3.05) is 25.6 Å². The van der Waals surface area contributed by atoms with Crippen molar-refractivity contribution in [3.05, 3.63) is 48.8 Å². The molecule has 0 radical (unpaired) electrons. The minimum absolute atomic E-state index is 0.220. The van der Waals surface area contributed by atoms with E-state index in [4.69, 9.17) is 9.47 Å². The molecule has 6 nitrogen and oxygen atoms in total. The predicted molar refractivity (Wildman–Crippen MR) is 87.5 cm³/mol. The summed E-state index contributed by atoms with van der Waals surface area (Å²) in [6.45, 7) is 0.457. The van der Waals surface area contributed by atoms with Gasteiger partial charge in [-0.1, -0.05) is 24.0 Å². The summed E-state index contributed by atoms with van der Waals surface area (Å²) >= 11 is 0. The van der Waals surface area contributed by atoms with Gasteiger partial charge in [0.05, 0.1) is 25.5 Å². The Morgan fingerprint density at radius 1 is 1.22 bits per heavy atom. The summed E-state index contributed by atoms with van der Waals surface area (Å²) in [4.78, 5) is 15.7. The molecule has 0 aliphatic rings. The number of anilines is 1. The third-order valence-corrected chi connectivity index (χ3v) is 2.76. The molecule has 0 spiro atoms. The highest BCUT2D eigenvalue weighted by Gasteiger charge is 2.04. The van der Waals surface area contributed by atoms with Crippen LogP contribution < -0.4 is 20.1 Å². The van der Waals surface area contributed by atoms with E-state index in [0.29, 0.717) is 17.2 Å². The van der Waals surface area contributed by atoms with Crippen LogP contribution in [0.1, 0.15) is 0 Å². The van der Waals surface area contributed by atoms with Gasteiger partial charge >= 0.3 is 6.03 Å².